The van der Waals surface area contributed by atoms with E-state index in [4.69, 9.17) is 0 Å². The van der Waals surface area contributed by atoms with Crippen molar-refractivity contribution in [3.8, 4) is 0 Å². The fraction of sp³-hybridized carbons (Fsp3) is 0.643. The maximum atomic E-state index is 12.2. The molecule has 5 nitrogen and oxygen atoms in total. The van der Waals surface area contributed by atoms with Gasteiger partial charge in [0.05, 0.1) is 5.41 Å². The number of sulfonamides is 1. The number of carboxylic acid groups (broad SMARTS) is 1. The number of carboxylic acids is 1. The van der Waals surface area contributed by atoms with Crippen molar-refractivity contribution in [3.05, 3.63) is 17.0 Å². The molecule has 0 atom stereocenters. The Hall–Kier alpha value is -0.920. The summed E-state index contributed by atoms with van der Waals surface area (Å²) in [5.74, 6) is -0.395. The maximum Gasteiger partial charge on any atom is 0.310 e. The molecule has 1 heterocycles. The van der Waals surface area contributed by atoms with Crippen molar-refractivity contribution in [3.63, 3.8) is 0 Å². The smallest absolute Gasteiger partial charge is 0.310 e. The first kappa shape index (κ1) is 16.5. The monoisotopic (exact) mass is 331 g/mol. The Kier molecular flexibility index (Phi) is 4.75. The lowest BCUT2D eigenvalue weighted by molar-refractivity contribution is -0.151. The minimum Gasteiger partial charge on any atom is -0.481 e. The number of aryl methyl sites for hydroxylation is 1. The summed E-state index contributed by atoms with van der Waals surface area (Å²) in [6.45, 7) is 3.91. The summed E-state index contributed by atoms with van der Waals surface area (Å²) in [5.41, 5.74) is -0.966. The number of aliphatic carboxylic acids is 1. The highest BCUT2D eigenvalue weighted by Gasteiger charge is 2.42. The average Bonchev–Trinajstić information content (AvgIpc) is 2.86. The van der Waals surface area contributed by atoms with Crippen molar-refractivity contribution in [1.82, 2.24) is 4.72 Å². The van der Waals surface area contributed by atoms with Gasteiger partial charge in [0, 0.05) is 11.4 Å². The Labute approximate surface area is 129 Å². The number of hydrogen-bond donors (Lipinski definition) is 2. The van der Waals surface area contributed by atoms with Crippen LogP contribution >= 0.6 is 11.3 Å². The molecule has 0 radical (unpaired) electrons. The molecule has 0 amide bonds. The lowest BCUT2D eigenvalue weighted by Crippen LogP contribution is -2.45. The van der Waals surface area contributed by atoms with E-state index in [2.05, 4.69) is 11.6 Å². The number of thiophene rings is 1. The lowest BCUT2D eigenvalue weighted by Gasteiger charge is -2.35. The Morgan fingerprint density at radius 1 is 1.43 bits per heavy atom. The van der Waals surface area contributed by atoms with Gasteiger partial charge >= 0.3 is 5.97 Å². The summed E-state index contributed by atoms with van der Waals surface area (Å²) in [4.78, 5) is 12.5. The normalized spacial score (nSPS) is 26.7. The van der Waals surface area contributed by atoms with Gasteiger partial charge in [0.15, 0.2) is 0 Å². The average molecular weight is 331 g/mol. The Morgan fingerprint density at radius 3 is 2.52 bits per heavy atom. The summed E-state index contributed by atoms with van der Waals surface area (Å²) < 4.78 is 27.2. The predicted molar refractivity (Wildman–Crippen MR) is 81.9 cm³/mol. The summed E-state index contributed by atoms with van der Waals surface area (Å²) in [7, 11) is -3.62. The van der Waals surface area contributed by atoms with E-state index in [9.17, 15) is 18.3 Å². The van der Waals surface area contributed by atoms with E-state index in [0.29, 0.717) is 18.8 Å². The van der Waals surface area contributed by atoms with Crippen LogP contribution in [0.1, 0.15) is 37.5 Å². The molecule has 1 aromatic rings. The van der Waals surface area contributed by atoms with Gasteiger partial charge < -0.3 is 5.11 Å². The van der Waals surface area contributed by atoms with Crippen LogP contribution in [-0.2, 0) is 14.8 Å². The van der Waals surface area contributed by atoms with Crippen LogP contribution < -0.4 is 4.72 Å². The number of nitrogens with one attached hydrogen (secondary N) is 1. The first-order valence-corrected chi connectivity index (χ1v) is 9.35. The van der Waals surface area contributed by atoms with E-state index in [1.54, 1.807) is 12.1 Å². The molecule has 0 unspecified atom stereocenters. The fourth-order valence-electron chi connectivity index (χ4n) is 2.64. The summed E-state index contributed by atoms with van der Waals surface area (Å²) >= 11 is 1.19. The van der Waals surface area contributed by atoms with Crippen LogP contribution in [0.15, 0.2) is 16.3 Å². The van der Waals surface area contributed by atoms with E-state index in [-0.39, 0.29) is 10.8 Å². The molecule has 2 N–H and O–H groups in total. The van der Waals surface area contributed by atoms with E-state index >= 15 is 0 Å². The second kappa shape index (κ2) is 6.06. The highest BCUT2D eigenvalue weighted by Crippen LogP contribution is 2.39. The van der Waals surface area contributed by atoms with Crippen molar-refractivity contribution in [2.75, 3.05) is 6.54 Å². The van der Waals surface area contributed by atoms with Crippen molar-refractivity contribution in [2.45, 2.75) is 43.7 Å². The molecule has 0 saturated heterocycles. The lowest BCUT2D eigenvalue weighted by atomic mass is 9.71. The third-order valence-electron chi connectivity index (χ3n) is 4.27. The number of carbonyl (C=O) groups is 1. The molecule has 7 heteroatoms. The van der Waals surface area contributed by atoms with Gasteiger partial charge in [-0.25, -0.2) is 13.1 Å². The molecule has 0 bridgehead atoms. The van der Waals surface area contributed by atoms with Crippen LogP contribution in [0.5, 0.6) is 0 Å². The molecule has 2 rings (SSSR count). The third-order valence-corrected chi connectivity index (χ3v) is 7.16. The molecule has 1 saturated carbocycles. The molecule has 118 valence electrons. The summed E-state index contributed by atoms with van der Waals surface area (Å²) in [6.07, 6.45) is 2.70. The van der Waals surface area contributed by atoms with Gasteiger partial charge in [-0.1, -0.05) is 6.92 Å². The zero-order chi connectivity index (χ0) is 15.7. The highest BCUT2D eigenvalue weighted by molar-refractivity contribution is 7.91. The molecule has 21 heavy (non-hydrogen) atoms. The molecule has 0 aliphatic heterocycles. The SMILES string of the molecule is Cc1ccc(S(=O)(=O)NCC2(C(=O)O)CCC(C)CC2)s1. The molecule has 1 aliphatic carbocycles. The molecule has 0 spiro atoms. The van der Waals surface area contributed by atoms with Gasteiger partial charge in [-0.2, -0.15) is 0 Å². The quantitative estimate of drug-likeness (QED) is 0.869. The van der Waals surface area contributed by atoms with Gasteiger partial charge in [0.25, 0.3) is 0 Å². The molecule has 1 aromatic heterocycles. The van der Waals surface area contributed by atoms with Crippen molar-refractivity contribution < 1.29 is 18.3 Å². The maximum absolute atomic E-state index is 12.2. The first-order valence-electron chi connectivity index (χ1n) is 7.05. The first-order chi connectivity index (χ1) is 9.75. The Balaban J connectivity index is 2.11. The third kappa shape index (κ3) is 3.64. The van der Waals surface area contributed by atoms with Gasteiger partial charge in [-0.15, -0.1) is 11.3 Å². The van der Waals surface area contributed by atoms with Crippen LogP contribution in [0.3, 0.4) is 0 Å². The van der Waals surface area contributed by atoms with Crippen molar-refractivity contribution in [2.24, 2.45) is 11.3 Å². The van der Waals surface area contributed by atoms with Crippen LogP contribution in [0.4, 0.5) is 0 Å². The topological polar surface area (TPSA) is 83.5 Å². The Morgan fingerprint density at radius 2 is 2.05 bits per heavy atom. The fourth-order valence-corrected chi connectivity index (χ4v) is 5.10. The van der Waals surface area contributed by atoms with Crippen molar-refractivity contribution in [1.29, 1.82) is 0 Å². The summed E-state index contributed by atoms with van der Waals surface area (Å²) in [5, 5.41) is 9.51. The minimum absolute atomic E-state index is 0.0334. The second-order valence-corrected chi connectivity index (χ2v) is 9.24. The number of rotatable bonds is 5. The van der Waals surface area contributed by atoms with Crippen LogP contribution in [0.25, 0.3) is 0 Å². The van der Waals surface area contributed by atoms with Gasteiger partial charge in [-0.3, -0.25) is 4.79 Å². The van der Waals surface area contributed by atoms with E-state index in [1.807, 2.05) is 6.92 Å². The van der Waals surface area contributed by atoms with Crippen LogP contribution in [0.2, 0.25) is 0 Å². The zero-order valence-corrected chi connectivity index (χ0v) is 13.9. The minimum atomic E-state index is -3.62. The highest BCUT2D eigenvalue weighted by atomic mass is 32.2. The summed E-state index contributed by atoms with van der Waals surface area (Å²) in [6, 6.07) is 3.30. The van der Waals surface area contributed by atoms with Crippen molar-refractivity contribution >= 4 is 27.3 Å². The zero-order valence-electron chi connectivity index (χ0n) is 12.3. The molecule has 1 aliphatic rings. The van der Waals surface area contributed by atoms with E-state index < -0.39 is 21.4 Å². The van der Waals surface area contributed by atoms with E-state index in [1.165, 1.54) is 11.3 Å². The Bertz CT molecular complexity index is 613. The van der Waals surface area contributed by atoms with Gasteiger partial charge in [0.2, 0.25) is 10.0 Å². The van der Waals surface area contributed by atoms with Crippen LogP contribution in [0, 0.1) is 18.3 Å². The predicted octanol–water partition coefficient (Wildman–Crippen LogP) is 2.62. The van der Waals surface area contributed by atoms with Crippen LogP contribution in [-0.4, -0.2) is 26.0 Å². The number of hydrogen-bond acceptors (Lipinski definition) is 4. The van der Waals surface area contributed by atoms with Gasteiger partial charge in [0.1, 0.15) is 4.21 Å². The second-order valence-electron chi connectivity index (χ2n) is 5.96. The molecular formula is C14H21NO4S2. The molecule has 1 fully saturated rings. The molecule has 0 aromatic carbocycles. The standard InChI is InChI=1S/C14H21NO4S2/c1-10-5-7-14(8-6-10,13(16)17)9-15-21(18,19)12-4-3-11(2)20-12/h3-4,10,15H,5-9H2,1-2H3,(H,16,17). The van der Waals surface area contributed by atoms with E-state index in [0.717, 1.165) is 17.7 Å². The largest absolute Gasteiger partial charge is 0.481 e. The van der Waals surface area contributed by atoms with Gasteiger partial charge in [-0.05, 0) is 50.7 Å². The molecular weight excluding hydrogens is 310 g/mol.